The fraction of sp³-hybridized carbons (Fsp3) is 0.160. The maximum absolute atomic E-state index is 6.36. The molecule has 0 atom stereocenters. The lowest BCUT2D eigenvalue weighted by atomic mass is 10.0. The number of hydrogen-bond acceptors (Lipinski definition) is 5. The van der Waals surface area contributed by atoms with Crippen LogP contribution in [0.25, 0.3) is 31.7 Å². The van der Waals surface area contributed by atoms with Crippen LogP contribution in [-0.4, -0.2) is 15.0 Å². The summed E-state index contributed by atoms with van der Waals surface area (Å²) in [4.78, 5) is 15.5. The maximum atomic E-state index is 6.36. The molecule has 5 aromatic rings. The monoisotopic (exact) mass is 459 g/mol. The average Bonchev–Trinajstić information content (AvgIpc) is 3.43. The molecule has 3 nitrogen and oxygen atoms in total. The molecule has 2 aromatic carbocycles. The Morgan fingerprint density at radius 1 is 0.935 bits per heavy atom. The van der Waals surface area contributed by atoms with Gasteiger partial charge in [0.15, 0.2) is 0 Å². The number of benzene rings is 2. The van der Waals surface area contributed by atoms with E-state index in [1.807, 2.05) is 18.2 Å². The summed E-state index contributed by atoms with van der Waals surface area (Å²) in [5.41, 5.74) is 7.30. The number of rotatable bonds is 4. The van der Waals surface area contributed by atoms with E-state index in [4.69, 9.17) is 21.6 Å². The lowest BCUT2D eigenvalue weighted by Gasteiger charge is -2.09. The third-order valence-corrected chi connectivity index (χ3v) is 8.42. The molecule has 0 unspecified atom stereocenters. The lowest BCUT2D eigenvalue weighted by molar-refractivity contribution is 0.913. The van der Waals surface area contributed by atoms with Gasteiger partial charge in [-0.3, -0.25) is 0 Å². The Morgan fingerprint density at radius 3 is 2.61 bits per heavy atom. The van der Waals surface area contributed by atoms with Crippen molar-refractivity contribution in [1.29, 1.82) is 0 Å². The molecule has 0 amide bonds. The molecule has 0 N–H and O–H groups in total. The standard InChI is InChI=1S/C25H18ClN3S2/c26-19-12-5-4-9-16(19)13-30-25-23-22(27-14-28-25)20-17-10-6-11-18(17)21(29-24(20)31-23)15-7-2-1-3-8-15/h1-5,7-9,12,14H,6,10-11,13H2. The molecular formula is C25H18ClN3S2. The molecule has 0 aliphatic heterocycles. The van der Waals surface area contributed by atoms with Crippen molar-refractivity contribution in [2.24, 2.45) is 0 Å². The Labute approximate surface area is 193 Å². The normalized spacial score (nSPS) is 13.2. The van der Waals surface area contributed by atoms with Gasteiger partial charge in [-0.1, -0.05) is 60.1 Å². The van der Waals surface area contributed by atoms with Gasteiger partial charge in [0.05, 0.1) is 15.9 Å². The van der Waals surface area contributed by atoms with Crippen LogP contribution in [0, 0.1) is 0 Å². The smallest absolute Gasteiger partial charge is 0.127 e. The van der Waals surface area contributed by atoms with Crippen LogP contribution in [0.3, 0.4) is 0 Å². The quantitative estimate of drug-likeness (QED) is 0.208. The van der Waals surface area contributed by atoms with E-state index >= 15 is 0 Å². The van der Waals surface area contributed by atoms with Gasteiger partial charge in [-0.2, -0.15) is 0 Å². The van der Waals surface area contributed by atoms with Crippen molar-refractivity contribution in [3.63, 3.8) is 0 Å². The maximum Gasteiger partial charge on any atom is 0.127 e. The molecule has 0 bridgehead atoms. The molecular weight excluding hydrogens is 442 g/mol. The van der Waals surface area contributed by atoms with E-state index in [-0.39, 0.29) is 0 Å². The fourth-order valence-corrected chi connectivity index (χ4v) is 6.90. The van der Waals surface area contributed by atoms with Gasteiger partial charge in [-0.05, 0) is 42.0 Å². The van der Waals surface area contributed by atoms with Gasteiger partial charge in [0, 0.05) is 21.7 Å². The Balaban J connectivity index is 1.50. The Kier molecular flexibility index (Phi) is 4.90. The minimum atomic E-state index is 0.779. The molecule has 6 heteroatoms. The van der Waals surface area contributed by atoms with Crippen molar-refractivity contribution in [2.75, 3.05) is 0 Å². The summed E-state index contributed by atoms with van der Waals surface area (Å²) >= 11 is 9.78. The van der Waals surface area contributed by atoms with Crippen molar-refractivity contribution < 1.29 is 0 Å². The predicted molar refractivity (Wildman–Crippen MR) is 131 cm³/mol. The summed E-state index contributed by atoms with van der Waals surface area (Å²) in [5, 5.41) is 3.03. The molecule has 1 aliphatic carbocycles. The highest BCUT2D eigenvalue weighted by molar-refractivity contribution is 7.98. The highest BCUT2D eigenvalue weighted by Gasteiger charge is 2.25. The molecule has 1 aliphatic rings. The van der Waals surface area contributed by atoms with Gasteiger partial charge in [-0.15, -0.1) is 23.1 Å². The van der Waals surface area contributed by atoms with Gasteiger partial charge >= 0.3 is 0 Å². The van der Waals surface area contributed by atoms with E-state index < -0.39 is 0 Å². The number of pyridine rings is 1. The average molecular weight is 460 g/mol. The Bertz CT molecular complexity index is 1430. The van der Waals surface area contributed by atoms with Crippen molar-refractivity contribution >= 4 is 55.1 Å². The second-order valence-electron chi connectivity index (χ2n) is 7.66. The van der Waals surface area contributed by atoms with Crippen LogP contribution in [0.1, 0.15) is 23.1 Å². The van der Waals surface area contributed by atoms with E-state index in [0.717, 1.165) is 54.9 Å². The van der Waals surface area contributed by atoms with Crippen LogP contribution < -0.4 is 0 Å². The molecule has 0 saturated carbocycles. The first-order chi connectivity index (χ1) is 15.3. The van der Waals surface area contributed by atoms with Gasteiger partial charge in [0.25, 0.3) is 0 Å². The van der Waals surface area contributed by atoms with Gasteiger partial charge in [0.2, 0.25) is 0 Å². The summed E-state index contributed by atoms with van der Waals surface area (Å²) in [6.07, 6.45) is 5.04. The zero-order chi connectivity index (χ0) is 20.8. The second kappa shape index (κ2) is 7.90. The summed E-state index contributed by atoms with van der Waals surface area (Å²) in [6.45, 7) is 0. The van der Waals surface area contributed by atoms with E-state index in [9.17, 15) is 0 Å². The number of thiophene rings is 1. The summed E-state index contributed by atoms with van der Waals surface area (Å²) < 4.78 is 1.13. The topological polar surface area (TPSA) is 38.7 Å². The summed E-state index contributed by atoms with van der Waals surface area (Å²) in [5.74, 6) is 0.779. The molecule has 6 rings (SSSR count). The zero-order valence-electron chi connectivity index (χ0n) is 16.6. The van der Waals surface area contributed by atoms with Crippen LogP contribution >= 0.6 is 34.7 Å². The van der Waals surface area contributed by atoms with E-state index in [0.29, 0.717) is 0 Å². The third kappa shape index (κ3) is 3.32. The van der Waals surface area contributed by atoms with Crippen molar-refractivity contribution in [3.05, 3.63) is 82.6 Å². The second-order valence-corrected chi connectivity index (χ2v) is 10.0. The van der Waals surface area contributed by atoms with Crippen LogP contribution in [0.5, 0.6) is 0 Å². The van der Waals surface area contributed by atoms with Gasteiger partial charge in [0.1, 0.15) is 16.2 Å². The SMILES string of the molecule is Clc1ccccc1CSc1ncnc2c1sc1nc(-c3ccccc3)c3c(c12)CCC3. The van der Waals surface area contributed by atoms with E-state index in [2.05, 4.69) is 41.4 Å². The highest BCUT2D eigenvalue weighted by atomic mass is 35.5. The molecule has 3 aromatic heterocycles. The van der Waals surface area contributed by atoms with Crippen LogP contribution in [0.2, 0.25) is 5.02 Å². The minimum absolute atomic E-state index is 0.779. The number of thioether (sulfide) groups is 1. The number of aromatic nitrogens is 3. The first kappa shape index (κ1) is 19.2. The van der Waals surface area contributed by atoms with Crippen LogP contribution in [0.4, 0.5) is 0 Å². The van der Waals surface area contributed by atoms with Crippen LogP contribution in [-0.2, 0) is 18.6 Å². The fourth-order valence-electron chi connectivity index (χ4n) is 4.38. The third-order valence-electron chi connectivity index (χ3n) is 5.81. The number of aryl methyl sites for hydroxylation is 1. The Morgan fingerprint density at radius 2 is 1.74 bits per heavy atom. The zero-order valence-corrected chi connectivity index (χ0v) is 19.0. The Hall–Kier alpha value is -2.47. The summed E-state index contributed by atoms with van der Waals surface area (Å²) in [6, 6.07) is 18.5. The van der Waals surface area contributed by atoms with Crippen LogP contribution in [0.15, 0.2) is 66.0 Å². The summed E-state index contributed by atoms with van der Waals surface area (Å²) in [7, 11) is 0. The molecule has 0 radical (unpaired) electrons. The number of halogens is 1. The van der Waals surface area contributed by atoms with Crippen molar-refractivity contribution in [1.82, 2.24) is 15.0 Å². The first-order valence-corrected chi connectivity index (χ1v) is 12.5. The van der Waals surface area contributed by atoms with Gasteiger partial charge < -0.3 is 0 Å². The van der Waals surface area contributed by atoms with Gasteiger partial charge in [-0.25, -0.2) is 15.0 Å². The number of fused-ring (bicyclic) bond motifs is 5. The number of hydrogen-bond donors (Lipinski definition) is 0. The number of nitrogens with zero attached hydrogens (tertiary/aromatic N) is 3. The highest BCUT2D eigenvalue weighted by Crippen LogP contribution is 2.44. The largest absolute Gasteiger partial charge is 0.236 e. The molecule has 0 spiro atoms. The minimum Gasteiger partial charge on any atom is -0.236 e. The molecule has 0 saturated heterocycles. The van der Waals surface area contributed by atoms with Crippen molar-refractivity contribution in [2.45, 2.75) is 30.0 Å². The molecule has 152 valence electrons. The van der Waals surface area contributed by atoms with Crippen molar-refractivity contribution in [3.8, 4) is 11.3 Å². The van der Waals surface area contributed by atoms with E-state index in [1.54, 1.807) is 29.4 Å². The lowest BCUT2D eigenvalue weighted by Crippen LogP contribution is -1.94. The molecule has 31 heavy (non-hydrogen) atoms. The first-order valence-electron chi connectivity index (χ1n) is 10.3. The van der Waals surface area contributed by atoms with E-state index in [1.165, 1.54) is 28.5 Å². The molecule has 3 heterocycles. The molecule has 0 fully saturated rings. The predicted octanol–water partition coefficient (Wildman–Crippen LogP) is 7.34.